The molecule has 0 N–H and O–H groups in total. The highest BCUT2D eigenvalue weighted by Crippen LogP contribution is 2.39. The van der Waals surface area contributed by atoms with Crippen LogP contribution in [-0.2, 0) is 25.3 Å². The molecule has 1 aliphatic rings. The molecule has 1 aliphatic heterocycles. The van der Waals surface area contributed by atoms with Gasteiger partial charge in [-0.05, 0) is 23.7 Å². The van der Waals surface area contributed by atoms with Gasteiger partial charge in [0.1, 0.15) is 12.6 Å². The first kappa shape index (κ1) is 21.4. The molecule has 1 aromatic rings. The smallest absolute Gasteiger partial charge is 0.410 e. The molecule has 2 atom stereocenters. The summed E-state index contributed by atoms with van der Waals surface area (Å²) in [6.45, 7) is 11.3. The van der Waals surface area contributed by atoms with Crippen molar-refractivity contribution in [2.75, 3.05) is 13.7 Å². The van der Waals surface area contributed by atoms with E-state index in [1.807, 2.05) is 30.3 Å². The third kappa shape index (κ3) is 5.32. The first-order valence-electron chi connectivity index (χ1n) is 9.28. The van der Waals surface area contributed by atoms with Gasteiger partial charge >= 0.3 is 12.1 Å². The van der Waals surface area contributed by atoms with Crippen molar-refractivity contribution in [1.82, 2.24) is 4.90 Å². The zero-order valence-corrected chi connectivity index (χ0v) is 18.2. The molecule has 0 aromatic heterocycles. The summed E-state index contributed by atoms with van der Waals surface area (Å²) in [4.78, 5) is 26.2. The predicted molar refractivity (Wildman–Crippen MR) is 106 cm³/mol. The summed E-state index contributed by atoms with van der Waals surface area (Å²) in [5.41, 5.74) is 0.897. The zero-order chi connectivity index (χ0) is 20.2. The molecule has 7 heteroatoms. The van der Waals surface area contributed by atoms with Gasteiger partial charge in [0, 0.05) is 13.0 Å². The van der Waals surface area contributed by atoms with Crippen molar-refractivity contribution in [3.8, 4) is 0 Å². The van der Waals surface area contributed by atoms with E-state index in [1.54, 1.807) is 0 Å². The van der Waals surface area contributed by atoms with Gasteiger partial charge in [0.2, 0.25) is 0 Å². The van der Waals surface area contributed by atoms with Crippen LogP contribution in [0.1, 0.15) is 32.8 Å². The summed E-state index contributed by atoms with van der Waals surface area (Å²) in [5.74, 6) is -0.437. The Hall–Kier alpha value is -1.86. The number of esters is 1. The number of hydrogen-bond donors (Lipinski definition) is 0. The maximum absolute atomic E-state index is 12.6. The quantitative estimate of drug-likeness (QED) is 0.560. The van der Waals surface area contributed by atoms with Gasteiger partial charge in [-0.15, -0.1) is 0 Å². The molecule has 0 radical (unpaired) electrons. The van der Waals surface area contributed by atoms with Gasteiger partial charge in [0.05, 0.1) is 13.2 Å². The maximum atomic E-state index is 12.6. The Morgan fingerprint density at radius 2 is 1.81 bits per heavy atom. The van der Waals surface area contributed by atoms with Crippen LogP contribution in [0.3, 0.4) is 0 Å². The van der Waals surface area contributed by atoms with E-state index < -0.39 is 26.4 Å². The van der Waals surface area contributed by atoms with Gasteiger partial charge in [-0.1, -0.05) is 51.1 Å². The highest BCUT2D eigenvalue weighted by atomic mass is 28.4. The van der Waals surface area contributed by atoms with Crippen molar-refractivity contribution in [2.45, 2.75) is 64.1 Å². The fraction of sp³-hybridized carbons (Fsp3) is 0.600. The molecule has 0 bridgehead atoms. The molecule has 1 amide bonds. The second-order valence-corrected chi connectivity index (χ2v) is 13.2. The second-order valence-electron chi connectivity index (χ2n) is 8.47. The molecule has 1 heterocycles. The number of methoxy groups -OCH3 is 1. The third-order valence-electron chi connectivity index (χ3n) is 5.44. The number of likely N-dealkylation sites (tertiary alicyclic amines) is 1. The van der Waals surface area contributed by atoms with Crippen molar-refractivity contribution in [1.29, 1.82) is 0 Å². The zero-order valence-electron chi connectivity index (χ0n) is 17.2. The largest absolute Gasteiger partial charge is 0.467 e. The summed E-state index contributed by atoms with van der Waals surface area (Å²) in [5, 5.41) is 0.0506. The minimum atomic E-state index is -2.01. The molecular formula is C20H31NO5Si. The Labute approximate surface area is 162 Å². The lowest BCUT2D eigenvalue weighted by Crippen LogP contribution is -2.45. The number of hydrogen-bond acceptors (Lipinski definition) is 5. The van der Waals surface area contributed by atoms with E-state index >= 15 is 0 Å². The van der Waals surface area contributed by atoms with Crippen LogP contribution in [0.4, 0.5) is 4.79 Å². The minimum absolute atomic E-state index is 0.0506. The van der Waals surface area contributed by atoms with Crippen LogP contribution in [0.5, 0.6) is 0 Å². The Bertz CT molecular complexity index is 656. The summed E-state index contributed by atoms with van der Waals surface area (Å²) in [6, 6.07) is 8.78. The van der Waals surface area contributed by atoms with Crippen LogP contribution in [0.25, 0.3) is 0 Å². The number of ether oxygens (including phenoxy) is 2. The molecular weight excluding hydrogens is 362 g/mol. The molecule has 2 rings (SSSR count). The van der Waals surface area contributed by atoms with E-state index in [2.05, 4.69) is 33.9 Å². The molecule has 150 valence electrons. The third-order valence-corrected chi connectivity index (χ3v) is 9.98. The number of nitrogens with zero attached hydrogens (tertiary/aromatic N) is 1. The van der Waals surface area contributed by atoms with E-state index in [9.17, 15) is 9.59 Å². The molecule has 6 nitrogen and oxygen atoms in total. The van der Waals surface area contributed by atoms with Crippen molar-refractivity contribution >= 4 is 20.4 Å². The van der Waals surface area contributed by atoms with E-state index in [-0.39, 0.29) is 17.7 Å². The average molecular weight is 394 g/mol. The Morgan fingerprint density at radius 3 is 2.37 bits per heavy atom. The van der Waals surface area contributed by atoms with E-state index in [1.165, 1.54) is 12.0 Å². The average Bonchev–Trinajstić information content (AvgIpc) is 3.02. The maximum Gasteiger partial charge on any atom is 0.410 e. The van der Waals surface area contributed by atoms with E-state index in [0.717, 1.165) is 5.56 Å². The van der Waals surface area contributed by atoms with Gasteiger partial charge in [-0.3, -0.25) is 4.90 Å². The first-order chi connectivity index (χ1) is 12.5. The van der Waals surface area contributed by atoms with Gasteiger partial charge in [-0.2, -0.15) is 0 Å². The molecule has 1 fully saturated rings. The predicted octanol–water partition coefficient (Wildman–Crippen LogP) is 3.96. The van der Waals surface area contributed by atoms with Crippen LogP contribution in [0.2, 0.25) is 18.1 Å². The summed E-state index contributed by atoms with van der Waals surface area (Å²) < 4.78 is 16.7. The molecule has 0 unspecified atom stereocenters. The number of carbonyl (C=O) groups is 2. The second kappa shape index (κ2) is 8.44. The molecule has 0 aliphatic carbocycles. The van der Waals surface area contributed by atoms with Crippen LogP contribution < -0.4 is 0 Å². The Morgan fingerprint density at radius 1 is 1.19 bits per heavy atom. The van der Waals surface area contributed by atoms with Crippen molar-refractivity contribution in [3.05, 3.63) is 35.9 Å². The number of amides is 1. The number of carbonyl (C=O) groups excluding carboxylic acids is 2. The highest BCUT2D eigenvalue weighted by molar-refractivity contribution is 6.74. The van der Waals surface area contributed by atoms with Crippen molar-refractivity contribution < 1.29 is 23.5 Å². The molecule has 0 spiro atoms. The lowest BCUT2D eigenvalue weighted by molar-refractivity contribution is -0.145. The molecule has 27 heavy (non-hydrogen) atoms. The monoisotopic (exact) mass is 393 g/mol. The topological polar surface area (TPSA) is 65.1 Å². The molecule has 1 aromatic carbocycles. The van der Waals surface area contributed by atoms with Crippen LogP contribution in [0.15, 0.2) is 30.3 Å². The van der Waals surface area contributed by atoms with Crippen LogP contribution >= 0.6 is 0 Å². The Kier molecular flexibility index (Phi) is 6.70. The van der Waals surface area contributed by atoms with Crippen LogP contribution in [-0.4, -0.2) is 51.1 Å². The molecule has 0 saturated carbocycles. The van der Waals surface area contributed by atoms with Crippen molar-refractivity contribution in [3.63, 3.8) is 0 Å². The van der Waals surface area contributed by atoms with Gasteiger partial charge in [0.25, 0.3) is 0 Å². The number of rotatable bonds is 5. The summed E-state index contributed by atoms with van der Waals surface area (Å²) >= 11 is 0. The molecule has 1 saturated heterocycles. The van der Waals surface area contributed by atoms with E-state index in [4.69, 9.17) is 13.9 Å². The van der Waals surface area contributed by atoms with Gasteiger partial charge < -0.3 is 13.9 Å². The van der Waals surface area contributed by atoms with Gasteiger partial charge in [0.15, 0.2) is 8.32 Å². The number of benzene rings is 1. The summed E-state index contributed by atoms with van der Waals surface area (Å²) in [6.07, 6.45) is -0.283. The van der Waals surface area contributed by atoms with Gasteiger partial charge in [-0.25, -0.2) is 9.59 Å². The summed E-state index contributed by atoms with van der Waals surface area (Å²) in [7, 11) is -0.680. The van der Waals surface area contributed by atoms with Crippen molar-refractivity contribution in [2.24, 2.45) is 0 Å². The minimum Gasteiger partial charge on any atom is -0.467 e. The SMILES string of the molecule is COC(=O)[C@@H]1C[C@@H](O[Si](C)(C)C(C)(C)C)CN1C(=O)OCc1ccccc1. The lowest BCUT2D eigenvalue weighted by Gasteiger charge is -2.38. The standard InChI is InChI=1S/C20H31NO5Si/c1-20(2,3)27(5,6)26-16-12-17(18(22)24-4)21(13-16)19(23)25-14-15-10-8-7-9-11-15/h7-11,16-17H,12-14H2,1-6H3/t16-,17+/m1/s1. The van der Waals surface area contributed by atoms with Crippen LogP contribution in [0, 0.1) is 0 Å². The Balaban J connectivity index is 2.06. The normalized spacial score (nSPS) is 20.4. The van der Waals surface area contributed by atoms with E-state index in [0.29, 0.717) is 13.0 Å². The first-order valence-corrected chi connectivity index (χ1v) is 12.2. The fourth-order valence-corrected chi connectivity index (χ4v) is 4.20. The lowest BCUT2D eigenvalue weighted by atomic mass is 10.2. The highest BCUT2D eigenvalue weighted by Gasteiger charge is 2.46. The fourth-order valence-electron chi connectivity index (χ4n) is 2.84.